The van der Waals surface area contributed by atoms with E-state index in [1.165, 1.54) is 0 Å². The van der Waals surface area contributed by atoms with E-state index in [0.29, 0.717) is 29.2 Å². The second kappa shape index (κ2) is 6.91. The van der Waals surface area contributed by atoms with Gasteiger partial charge in [0.2, 0.25) is 0 Å². The molecule has 136 valence electrons. The zero-order valence-corrected chi connectivity index (χ0v) is 14.2. The van der Waals surface area contributed by atoms with Gasteiger partial charge in [0.1, 0.15) is 18.2 Å². The van der Waals surface area contributed by atoms with Crippen LogP contribution in [0, 0.1) is 0 Å². The maximum Gasteiger partial charge on any atom is 0.297 e. The smallest absolute Gasteiger partial charge is 0.297 e. The molecule has 1 N–H and O–H groups in total. The van der Waals surface area contributed by atoms with Crippen LogP contribution in [0.2, 0.25) is 0 Å². The van der Waals surface area contributed by atoms with Gasteiger partial charge in [0.25, 0.3) is 6.43 Å². The first-order valence-electron chi connectivity index (χ1n) is 8.39. The van der Waals surface area contributed by atoms with Gasteiger partial charge in [-0.05, 0) is 25.0 Å². The Morgan fingerprint density at radius 3 is 2.92 bits per heavy atom. The second-order valence-electron chi connectivity index (χ2n) is 6.13. The van der Waals surface area contributed by atoms with Gasteiger partial charge in [0, 0.05) is 19.0 Å². The highest BCUT2D eigenvalue weighted by atomic mass is 19.3. The summed E-state index contributed by atoms with van der Waals surface area (Å²) in [7, 11) is 1.59. The minimum atomic E-state index is -2.73. The van der Waals surface area contributed by atoms with Crippen molar-refractivity contribution in [2.75, 3.05) is 12.4 Å². The number of hydrogen-bond acceptors (Lipinski definition) is 6. The van der Waals surface area contributed by atoms with Crippen LogP contribution in [0.1, 0.15) is 42.8 Å². The number of benzene rings is 1. The van der Waals surface area contributed by atoms with Crippen molar-refractivity contribution in [3.63, 3.8) is 0 Å². The van der Waals surface area contributed by atoms with Gasteiger partial charge >= 0.3 is 0 Å². The number of hydrogen-bond donors (Lipinski definition) is 1. The summed E-state index contributed by atoms with van der Waals surface area (Å²) in [5, 5.41) is 8.41. The Kier molecular flexibility index (Phi) is 4.46. The second-order valence-corrected chi connectivity index (χ2v) is 6.13. The van der Waals surface area contributed by atoms with Gasteiger partial charge in [-0.3, -0.25) is 0 Å². The maximum absolute atomic E-state index is 13.2. The summed E-state index contributed by atoms with van der Waals surface area (Å²) in [6.45, 7) is 1.11. The number of methoxy groups -OCH3 is 1. The molecule has 9 heteroatoms. The van der Waals surface area contributed by atoms with Crippen molar-refractivity contribution >= 4 is 16.7 Å². The van der Waals surface area contributed by atoms with Crippen molar-refractivity contribution in [2.24, 2.45) is 0 Å². The van der Waals surface area contributed by atoms with Crippen LogP contribution in [0.5, 0.6) is 0 Å². The van der Waals surface area contributed by atoms with Gasteiger partial charge in [0.05, 0.1) is 11.6 Å². The monoisotopic (exact) mass is 360 g/mol. The van der Waals surface area contributed by atoms with Crippen molar-refractivity contribution in [3.8, 4) is 0 Å². The maximum atomic E-state index is 13.2. The van der Waals surface area contributed by atoms with Gasteiger partial charge in [-0.25, -0.2) is 28.4 Å². The quantitative estimate of drug-likeness (QED) is 0.753. The van der Waals surface area contributed by atoms with Gasteiger partial charge in [0.15, 0.2) is 11.6 Å². The average molecular weight is 360 g/mol. The SMILES string of the molecule is COCc1nc2n(n1)CCCC2Nc1nc(C(F)F)nc2ccccc12. The Morgan fingerprint density at radius 1 is 1.27 bits per heavy atom. The lowest BCUT2D eigenvalue weighted by Crippen LogP contribution is -2.23. The standard InChI is InChI=1S/C17H18F2N6O/c1-26-9-13-22-17-12(7-4-8-25(17)24-13)21-15-10-5-2-3-6-11(10)20-16(23-15)14(18)19/h2-3,5-6,12,14H,4,7-9H2,1H3,(H,20,21,23). The molecular weight excluding hydrogens is 342 g/mol. The number of aryl methyl sites for hydroxylation is 1. The molecule has 1 aliphatic rings. The first-order chi connectivity index (χ1) is 12.7. The normalized spacial score (nSPS) is 16.8. The third kappa shape index (κ3) is 3.10. The first-order valence-corrected chi connectivity index (χ1v) is 8.39. The van der Waals surface area contributed by atoms with Crippen LogP contribution in [0.25, 0.3) is 10.9 Å². The van der Waals surface area contributed by atoms with E-state index in [9.17, 15) is 8.78 Å². The van der Waals surface area contributed by atoms with E-state index < -0.39 is 12.2 Å². The summed E-state index contributed by atoms with van der Waals surface area (Å²) < 4.78 is 33.3. The van der Waals surface area contributed by atoms with Crippen LogP contribution in [0.3, 0.4) is 0 Å². The number of nitrogens with one attached hydrogen (secondary N) is 1. The molecule has 0 fully saturated rings. The molecule has 0 aliphatic carbocycles. The lowest BCUT2D eigenvalue weighted by atomic mass is 10.1. The molecule has 0 amide bonds. The van der Waals surface area contributed by atoms with Crippen LogP contribution >= 0.6 is 0 Å². The molecule has 3 aromatic rings. The summed E-state index contributed by atoms with van der Waals surface area (Å²) in [6, 6.07) is 6.96. The van der Waals surface area contributed by atoms with Crippen molar-refractivity contribution in [1.29, 1.82) is 0 Å². The molecular formula is C17H18F2N6O. The molecule has 0 bridgehead atoms. The Labute approximate surface area is 148 Å². The Balaban J connectivity index is 1.72. The summed E-state index contributed by atoms with van der Waals surface area (Å²) in [4.78, 5) is 12.5. The molecule has 4 rings (SSSR count). The number of aromatic nitrogens is 5. The molecule has 1 atom stereocenters. The Morgan fingerprint density at radius 2 is 2.12 bits per heavy atom. The molecule has 7 nitrogen and oxygen atoms in total. The molecule has 0 saturated carbocycles. The summed E-state index contributed by atoms with van der Waals surface area (Å²) >= 11 is 0. The number of ether oxygens (including phenoxy) is 1. The predicted molar refractivity (Wildman–Crippen MR) is 90.8 cm³/mol. The predicted octanol–water partition coefficient (Wildman–Crippen LogP) is 3.25. The molecule has 2 aromatic heterocycles. The van der Waals surface area contributed by atoms with E-state index >= 15 is 0 Å². The van der Waals surface area contributed by atoms with E-state index in [1.807, 2.05) is 16.8 Å². The van der Waals surface area contributed by atoms with Crippen LogP contribution in [0.4, 0.5) is 14.6 Å². The lowest BCUT2D eigenvalue weighted by molar-refractivity contribution is 0.141. The highest BCUT2D eigenvalue weighted by Crippen LogP contribution is 2.31. The van der Waals surface area contributed by atoms with Crippen molar-refractivity contribution in [3.05, 3.63) is 41.7 Å². The Hall–Kier alpha value is -2.68. The van der Waals surface area contributed by atoms with Crippen LogP contribution in [-0.4, -0.2) is 31.8 Å². The van der Waals surface area contributed by atoms with Crippen LogP contribution < -0.4 is 5.32 Å². The molecule has 1 unspecified atom stereocenters. The number of nitrogens with zero attached hydrogens (tertiary/aromatic N) is 5. The first kappa shape index (κ1) is 16.8. The van der Waals surface area contributed by atoms with E-state index in [0.717, 1.165) is 25.2 Å². The van der Waals surface area contributed by atoms with Crippen molar-refractivity contribution in [2.45, 2.75) is 38.5 Å². The number of para-hydroxylation sites is 1. The number of rotatable bonds is 5. The number of fused-ring (bicyclic) bond motifs is 2. The molecule has 0 saturated heterocycles. The third-order valence-corrected chi connectivity index (χ3v) is 4.32. The molecule has 0 radical (unpaired) electrons. The average Bonchev–Trinajstić information content (AvgIpc) is 3.05. The fraction of sp³-hybridized carbons (Fsp3) is 0.412. The lowest BCUT2D eigenvalue weighted by Gasteiger charge is -2.24. The van der Waals surface area contributed by atoms with E-state index in [2.05, 4.69) is 25.4 Å². The zero-order valence-electron chi connectivity index (χ0n) is 14.2. The minimum Gasteiger partial charge on any atom is -0.377 e. The van der Waals surface area contributed by atoms with E-state index in [-0.39, 0.29) is 6.04 Å². The molecule has 1 aromatic carbocycles. The number of alkyl halides is 2. The van der Waals surface area contributed by atoms with Gasteiger partial charge in [-0.1, -0.05) is 12.1 Å². The molecule has 26 heavy (non-hydrogen) atoms. The largest absolute Gasteiger partial charge is 0.377 e. The van der Waals surface area contributed by atoms with Gasteiger partial charge in [-0.2, -0.15) is 5.10 Å². The van der Waals surface area contributed by atoms with E-state index in [1.54, 1.807) is 19.2 Å². The third-order valence-electron chi connectivity index (χ3n) is 4.32. The van der Waals surface area contributed by atoms with Crippen molar-refractivity contribution < 1.29 is 13.5 Å². The summed E-state index contributed by atoms with van der Waals surface area (Å²) in [5.74, 6) is 1.28. The van der Waals surface area contributed by atoms with E-state index in [4.69, 9.17) is 4.74 Å². The highest BCUT2D eigenvalue weighted by Gasteiger charge is 2.26. The summed E-state index contributed by atoms with van der Waals surface area (Å²) in [6.07, 6.45) is -1.01. The van der Waals surface area contributed by atoms with Gasteiger partial charge in [-0.15, -0.1) is 0 Å². The highest BCUT2D eigenvalue weighted by molar-refractivity contribution is 5.89. The van der Waals surface area contributed by atoms with Gasteiger partial charge < -0.3 is 10.1 Å². The zero-order chi connectivity index (χ0) is 18.1. The summed E-state index contributed by atoms with van der Waals surface area (Å²) in [5.41, 5.74) is 0.484. The topological polar surface area (TPSA) is 77.8 Å². The number of anilines is 1. The minimum absolute atomic E-state index is 0.161. The fourth-order valence-electron chi connectivity index (χ4n) is 3.19. The molecule has 1 aliphatic heterocycles. The fourth-order valence-corrected chi connectivity index (χ4v) is 3.19. The van der Waals surface area contributed by atoms with Crippen LogP contribution in [0.15, 0.2) is 24.3 Å². The molecule has 0 spiro atoms. The molecule has 3 heterocycles. The van der Waals surface area contributed by atoms with Crippen molar-refractivity contribution in [1.82, 2.24) is 24.7 Å². The number of halogens is 2. The Bertz CT molecular complexity index is 929. The van der Waals surface area contributed by atoms with Crippen LogP contribution in [-0.2, 0) is 17.9 Å².